The van der Waals surface area contributed by atoms with Crippen molar-refractivity contribution in [1.29, 1.82) is 0 Å². The lowest BCUT2D eigenvalue weighted by Crippen LogP contribution is -2.26. The number of hydrogen-bond donors (Lipinski definition) is 2. The van der Waals surface area contributed by atoms with E-state index in [1.165, 1.54) is 18.7 Å². The quantitative estimate of drug-likeness (QED) is 0.240. The first kappa shape index (κ1) is 10.6. The normalized spacial score (nSPS) is 11.1. The van der Waals surface area contributed by atoms with Crippen LogP contribution >= 0.6 is 11.8 Å². The van der Waals surface area contributed by atoms with Gasteiger partial charge in [-0.1, -0.05) is 30.0 Å². The van der Waals surface area contributed by atoms with Gasteiger partial charge in [-0.05, 0) is 12.1 Å². The predicted octanol–water partition coefficient (Wildman–Crippen LogP) is 1.14. The maximum absolute atomic E-state index is 10.7. The van der Waals surface area contributed by atoms with Gasteiger partial charge >= 0.3 is 0 Å². The van der Waals surface area contributed by atoms with Crippen LogP contribution < -0.4 is 11.2 Å². The number of carbonyl (C=O) groups is 1. The van der Waals surface area contributed by atoms with Gasteiger partial charge in [-0.15, -0.1) is 0 Å². The molecule has 0 aliphatic heterocycles. The van der Waals surface area contributed by atoms with Crippen molar-refractivity contribution in [2.45, 2.75) is 11.8 Å². The van der Waals surface area contributed by atoms with Crippen LogP contribution in [0.3, 0.4) is 0 Å². The molecule has 1 aromatic carbocycles. The van der Waals surface area contributed by atoms with Crippen molar-refractivity contribution >= 4 is 22.8 Å². The Morgan fingerprint density at radius 2 is 2.07 bits per heavy atom. The Balaban J connectivity index is 2.63. The maximum Gasteiger partial charge on any atom is 0.222 e. The number of carbonyl (C=O) groups excluding carboxylic acids is 1. The van der Waals surface area contributed by atoms with Crippen LogP contribution in [0.5, 0.6) is 0 Å². The highest BCUT2D eigenvalue weighted by atomic mass is 32.2. The Morgan fingerprint density at radius 1 is 1.43 bits per heavy atom. The first-order valence-corrected chi connectivity index (χ1v) is 4.82. The SMILES string of the molecule is CC(=O)NC(=NN)Sc1ccccc1. The van der Waals surface area contributed by atoms with Gasteiger partial charge in [0.2, 0.25) is 5.91 Å². The molecule has 0 aliphatic carbocycles. The van der Waals surface area contributed by atoms with E-state index in [1.807, 2.05) is 30.3 Å². The molecule has 0 heterocycles. The molecule has 14 heavy (non-hydrogen) atoms. The van der Waals surface area contributed by atoms with Crippen molar-refractivity contribution in [1.82, 2.24) is 5.32 Å². The molecule has 0 bridgehead atoms. The maximum atomic E-state index is 10.7. The van der Waals surface area contributed by atoms with Crippen LogP contribution in [-0.4, -0.2) is 11.1 Å². The minimum absolute atomic E-state index is 0.183. The number of rotatable bonds is 1. The standard InChI is InChI=1S/C9H11N3OS/c1-7(13)11-9(12-10)14-8-5-3-2-4-6-8/h2-6H,10H2,1H3,(H,11,12,13). The van der Waals surface area contributed by atoms with E-state index in [9.17, 15) is 4.79 Å². The van der Waals surface area contributed by atoms with E-state index < -0.39 is 0 Å². The average molecular weight is 209 g/mol. The second kappa shape index (κ2) is 5.29. The smallest absolute Gasteiger partial charge is 0.222 e. The summed E-state index contributed by atoms with van der Waals surface area (Å²) in [6.07, 6.45) is 0. The summed E-state index contributed by atoms with van der Waals surface area (Å²) in [5, 5.41) is 6.39. The number of benzene rings is 1. The summed E-state index contributed by atoms with van der Waals surface area (Å²) in [7, 11) is 0. The summed E-state index contributed by atoms with van der Waals surface area (Å²) < 4.78 is 0. The molecule has 0 aliphatic rings. The highest BCUT2D eigenvalue weighted by Gasteiger charge is 2.03. The molecule has 0 atom stereocenters. The van der Waals surface area contributed by atoms with Crippen molar-refractivity contribution in [3.63, 3.8) is 0 Å². The minimum Gasteiger partial charge on any atom is -0.321 e. The molecule has 5 heteroatoms. The van der Waals surface area contributed by atoms with Crippen molar-refractivity contribution in [3.8, 4) is 0 Å². The van der Waals surface area contributed by atoms with Gasteiger partial charge < -0.3 is 11.2 Å². The molecule has 1 rings (SSSR count). The van der Waals surface area contributed by atoms with Crippen LogP contribution in [0.2, 0.25) is 0 Å². The summed E-state index contributed by atoms with van der Waals surface area (Å²) in [5.41, 5.74) is 0. The lowest BCUT2D eigenvalue weighted by molar-refractivity contribution is -0.117. The molecule has 1 aromatic rings. The number of nitrogens with two attached hydrogens (primary N) is 1. The predicted molar refractivity (Wildman–Crippen MR) is 57.7 cm³/mol. The van der Waals surface area contributed by atoms with Crippen molar-refractivity contribution in [3.05, 3.63) is 30.3 Å². The summed E-state index contributed by atoms with van der Waals surface area (Å²) in [6.45, 7) is 1.41. The molecule has 0 saturated carbocycles. The molecular formula is C9H11N3OS. The number of nitrogens with one attached hydrogen (secondary N) is 1. The second-order valence-corrected chi connectivity index (χ2v) is 3.59. The summed E-state index contributed by atoms with van der Waals surface area (Å²) in [6, 6.07) is 9.56. The van der Waals surface area contributed by atoms with Gasteiger partial charge in [0.15, 0.2) is 5.17 Å². The van der Waals surface area contributed by atoms with Gasteiger partial charge in [-0.2, -0.15) is 5.10 Å². The third kappa shape index (κ3) is 3.49. The summed E-state index contributed by atoms with van der Waals surface area (Å²) >= 11 is 1.31. The first-order chi connectivity index (χ1) is 6.72. The first-order valence-electron chi connectivity index (χ1n) is 4.00. The topological polar surface area (TPSA) is 67.5 Å². The van der Waals surface area contributed by atoms with Gasteiger partial charge in [0, 0.05) is 11.8 Å². The molecule has 3 N–H and O–H groups in total. The van der Waals surface area contributed by atoms with E-state index in [-0.39, 0.29) is 5.91 Å². The third-order valence-corrected chi connectivity index (χ3v) is 2.27. The van der Waals surface area contributed by atoms with Gasteiger partial charge in [0.25, 0.3) is 0 Å². The Hall–Kier alpha value is -1.49. The molecule has 0 spiro atoms. The van der Waals surface area contributed by atoms with Crippen LogP contribution in [-0.2, 0) is 4.79 Å². The molecular weight excluding hydrogens is 198 g/mol. The zero-order valence-electron chi connectivity index (χ0n) is 7.73. The Kier molecular flexibility index (Phi) is 4.00. The van der Waals surface area contributed by atoms with E-state index >= 15 is 0 Å². The highest BCUT2D eigenvalue weighted by Crippen LogP contribution is 2.17. The number of hydrazone groups is 1. The fourth-order valence-electron chi connectivity index (χ4n) is 0.835. The lowest BCUT2D eigenvalue weighted by Gasteiger charge is -2.03. The zero-order chi connectivity index (χ0) is 10.4. The molecule has 74 valence electrons. The van der Waals surface area contributed by atoms with Gasteiger partial charge in [-0.25, -0.2) is 0 Å². The fraction of sp³-hybridized carbons (Fsp3) is 0.111. The molecule has 1 amide bonds. The third-order valence-electron chi connectivity index (χ3n) is 1.36. The largest absolute Gasteiger partial charge is 0.321 e. The summed E-state index contributed by atoms with van der Waals surface area (Å²) in [4.78, 5) is 11.7. The van der Waals surface area contributed by atoms with Crippen LogP contribution in [0.15, 0.2) is 40.3 Å². The fourth-order valence-corrected chi connectivity index (χ4v) is 1.60. The number of thioether (sulfide) groups is 1. The van der Waals surface area contributed by atoms with E-state index in [2.05, 4.69) is 10.4 Å². The van der Waals surface area contributed by atoms with Crippen LogP contribution in [0.1, 0.15) is 6.92 Å². The van der Waals surface area contributed by atoms with Crippen LogP contribution in [0.4, 0.5) is 0 Å². The van der Waals surface area contributed by atoms with Crippen molar-refractivity contribution < 1.29 is 4.79 Å². The van der Waals surface area contributed by atoms with Crippen LogP contribution in [0.25, 0.3) is 0 Å². The van der Waals surface area contributed by atoms with Crippen LogP contribution in [0, 0.1) is 0 Å². The van der Waals surface area contributed by atoms with Gasteiger partial charge in [-0.3, -0.25) is 4.79 Å². The zero-order valence-corrected chi connectivity index (χ0v) is 8.54. The number of hydrogen-bond acceptors (Lipinski definition) is 4. The average Bonchev–Trinajstić information content (AvgIpc) is 2.17. The number of amidine groups is 1. The van der Waals surface area contributed by atoms with Gasteiger partial charge in [0.1, 0.15) is 0 Å². The van der Waals surface area contributed by atoms with E-state index in [4.69, 9.17) is 5.84 Å². The molecule has 0 aromatic heterocycles. The Bertz CT molecular complexity index is 337. The Labute approximate surface area is 86.6 Å². The van der Waals surface area contributed by atoms with Crippen molar-refractivity contribution in [2.75, 3.05) is 0 Å². The molecule has 4 nitrogen and oxygen atoms in total. The lowest BCUT2D eigenvalue weighted by atomic mass is 10.4. The number of amides is 1. The summed E-state index contributed by atoms with van der Waals surface area (Å²) in [5.74, 6) is 4.94. The van der Waals surface area contributed by atoms with E-state index in [0.717, 1.165) is 4.90 Å². The minimum atomic E-state index is -0.183. The van der Waals surface area contributed by atoms with Gasteiger partial charge in [0.05, 0.1) is 0 Å². The monoisotopic (exact) mass is 209 g/mol. The molecule has 0 unspecified atom stereocenters. The number of nitrogens with zero attached hydrogens (tertiary/aromatic N) is 1. The molecule has 0 radical (unpaired) electrons. The van der Waals surface area contributed by atoms with Crippen molar-refractivity contribution in [2.24, 2.45) is 10.9 Å². The molecule has 0 fully saturated rings. The Morgan fingerprint density at radius 3 is 2.57 bits per heavy atom. The second-order valence-electron chi connectivity index (χ2n) is 2.53. The highest BCUT2D eigenvalue weighted by molar-refractivity contribution is 8.13. The molecule has 0 saturated heterocycles. The van der Waals surface area contributed by atoms with E-state index in [1.54, 1.807) is 0 Å². The van der Waals surface area contributed by atoms with E-state index in [0.29, 0.717) is 5.17 Å².